The number of benzene rings is 2. The maximum Gasteiger partial charge on any atom is 0.0576 e. The first-order valence-electron chi connectivity index (χ1n) is 7.06. The van der Waals surface area contributed by atoms with Crippen molar-refractivity contribution in [1.82, 2.24) is 0 Å². The highest BCUT2D eigenvalue weighted by molar-refractivity contribution is 5.66. The van der Waals surface area contributed by atoms with Gasteiger partial charge in [0.2, 0.25) is 0 Å². The molecule has 0 spiro atoms. The Hall–Kier alpha value is -1.96. The van der Waals surface area contributed by atoms with Crippen molar-refractivity contribution in [1.29, 1.82) is 0 Å². The van der Waals surface area contributed by atoms with Gasteiger partial charge in [-0.05, 0) is 41.2 Å². The summed E-state index contributed by atoms with van der Waals surface area (Å²) in [7, 11) is 0. The van der Waals surface area contributed by atoms with Gasteiger partial charge in [-0.1, -0.05) is 51.1 Å². The molecule has 106 valence electrons. The van der Waals surface area contributed by atoms with E-state index in [1.54, 1.807) is 0 Å². The summed E-state index contributed by atoms with van der Waals surface area (Å²) in [6.45, 7) is 9.52. The molecule has 2 heteroatoms. The number of anilines is 2. The number of nitrogens with one attached hydrogen (secondary N) is 1. The molecule has 20 heavy (non-hydrogen) atoms. The quantitative estimate of drug-likeness (QED) is 0.805. The van der Waals surface area contributed by atoms with Crippen LogP contribution in [0, 0.1) is 6.92 Å². The predicted octanol–water partition coefficient (Wildman–Crippen LogP) is 4.49. The summed E-state index contributed by atoms with van der Waals surface area (Å²) in [5.41, 5.74) is 11.8. The lowest BCUT2D eigenvalue weighted by atomic mass is 9.87. The van der Waals surface area contributed by atoms with Crippen LogP contribution in [0.2, 0.25) is 0 Å². The summed E-state index contributed by atoms with van der Waals surface area (Å²) in [5, 5.41) is 3.39. The predicted molar refractivity (Wildman–Crippen MR) is 88.1 cm³/mol. The molecule has 0 saturated carbocycles. The van der Waals surface area contributed by atoms with Crippen LogP contribution in [-0.4, -0.2) is 0 Å². The van der Waals surface area contributed by atoms with Crippen molar-refractivity contribution in [2.45, 2.75) is 39.7 Å². The molecular formula is C18H24N2. The average Bonchev–Trinajstić information content (AvgIpc) is 2.37. The lowest BCUT2D eigenvalue weighted by Gasteiger charge is -2.19. The van der Waals surface area contributed by atoms with Gasteiger partial charge in [-0.15, -0.1) is 0 Å². The summed E-state index contributed by atoms with van der Waals surface area (Å²) in [6.07, 6.45) is 0. The van der Waals surface area contributed by atoms with Gasteiger partial charge in [0.15, 0.2) is 0 Å². The van der Waals surface area contributed by atoms with E-state index in [1.807, 2.05) is 19.1 Å². The van der Waals surface area contributed by atoms with Crippen LogP contribution >= 0.6 is 0 Å². The first-order chi connectivity index (χ1) is 9.36. The summed E-state index contributed by atoms with van der Waals surface area (Å²) in [5.74, 6) is 0. The van der Waals surface area contributed by atoms with Gasteiger partial charge in [0.05, 0.1) is 11.4 Å². The third-order valence-electron chi connectivity index (χ3n) is 3.51. The fourth-order valence-corrected chi connectivity index (χ4v) is 2.16. The lowest BCUT2D eigenvalue weighted by Crippen LogP contribution is -2.11. The monoisotopic (exact) mass is 268 g/mol. The van der Waals surface area contributed by atoms with Gasteiger partial charge in [-0.3, -0.25) is 0 Å². The van der Waals surface area contributed by atoms with Crippen LogP contribution in [0.3, 0.4) is 0 Å². The molecule has 0 amide bonds. The number of nitrogens with two attached hydrogens (primary N) is 1. The van der Waals surface area contributed by atoms with Crippen LogP contribution in [0.25, 0.3) is 0 Å². The van der Waals surface area contributed by atoms with Gasteiger partial charge in [-0.2, -0.15) is 0 Å². The van der Waals surface area contributed by atoms with E-state index in [0.717, 1.165) is 17.9 Å². The number of hydrogen-bond acceptors (Lipinski definition) is 2. The molecule has 0 aromatic heterocycles. The zero-order valence-corrected chi connectivity index (χ0v) is 12.8. The zero-order valence-electron chi connectivity index (χ0n) is 12.8. The van der Waals surface area contributed by atoms with Crippen molar-refractivity contribution in [3.63, 3.8) is 0 Å². The smallest absolute Gasteiger partial charge is 0.0576 e. The second-order valence-electron chi connectivity index (χ2n) is 6.39. The Morgan fingerprint density at radius 1 is 1.00 bits per heavy atom. The zero-order chi connectivity index (χ0) is 14.8. The highest BCUT2D eigenvalue weighted by Gasteiger charge is 2.12. The highest BCUT2D eigenvalue weighted by Crippen LogP contribution is 2.23. The normalized spacial score (nSPS) is 11.4. The summed E-state index contributed by atoms with van der Waals surface area (Å²) in [6, 6.07) is 14.9. The number of hydrogen-bond donors (Lipinski definition) is 2. The Bertz CT molecular complexity index is 577. The van der Waals surface area contributed by atoms with Crippen LogP contribution in [-0.2, 0) is 12.0 Å². The van der Waals surface area contributed by atoms with Gasteiger partial charge in [-0.25, -0.2) is 0 Å². The van der Waals surface area contributed by atoms with Crippen molar-refractivity contribution in [3.05, 3.63) is 59.2 Å². The Morgan fingerprint density at radius 3 is 2.20 bits per heavy atom. The maximum absolute atomic E-state index is 6.00. The highest BCUT2D eigenvalue weighted by atomic mass is 14.9. The van der Waals surface area contributed by atoms with Crippen LogP contribution in [0.1, 0.15) is 37.5 Å². The molecule has 2 aromatic carbocycles. The van der Waals surface area contributed by atoms with Gasteiger partial charge < -0.3 is 11.1 Å². The van der Waals surface area contributed by atoms with Crippen molar-refractivity contribution in [3.8, 4) is 0 Å². The van der Waals surface area contributed by atoms with Crippen LogP contribution < -0.4 is 11.1 Å². The van der Waals surface area contributed by atoms with Crippen molar-refractivity contribution >= 4 is 11.4 Å². The van der Waals surface area contributed by atoms with E-state index in [0.29, 0.717) is 0 Å². The Kier molecular flexibility index (Phi) is 4.03. The van der Waals surface area contributed by atoms with Gasteiger partial charge in [0, 0.05) is 6.54 Å². The molecule has 0 heterocycles. The van der Waals surface area contributed by atoms with Crippen molar-refractivity contribution < 1.29 is 0 Å². The largest absolute Gasteiger partial charge is 0.397 e. The van der Waals surface area contributed by atoms with E-state index in [1.165, 1.54) is 16.7 Å². The molecule has 0 radical (unpaired) electrons. The molecule has 0 aliphatic heterocycles. The molecule has 0 aliphatic rings. The number of nitrogen functional groups attached to an aromatic ring is 1. The SMILES string of the molecule is Cc1ccc(NCc2ccc(C(C)(C)C)cc2)c(N)c1. The van der Waals surface area contributed by atoms with Crippen LogP contribution in [0.15, 0.2) is 42.5 Å². The van der Waals surface area contributed by atoms with E-state index in [9.17, 15) is 0 Å². The molecule has 0 fully saturated rings. The molecule has 0 unspecified atom stereocenters. The van der Waals surface area contributed by atoms with E-state index < -0.39 is 0 Å². The van der Waals surface area contributed by atoms with Crippen molar-refractivity contribution in [2.24, 2.45) is 0 Å². The molecule has 2 aromatic rings. The fraction of sp³-hybridized carbons (Fsp3) is 0.333. The lowest BCUT2D eigenvalue weighted by molar-refractivity contribution is 0.590. The molecular weight excluding hydrogens is 244 g/mol. The second-order valence-corrected chi connectivity index (χ2v) is 6.39. The minimum Gasteiger partial charge on any atom is -0.397 e. The van der Waals surface area contributed by atoms with E-state index in [4.69, 9.17) is 5.73 Å². The minimum absolute atomic E-state index is 0.202. The average molecular weight is 268 g/mol. The topological polar surface area (TPSA) is 38.0 Å². The first-order valence-corrected chi connectivity index (χ1v) is 7.06. The van der Waals surface area contributed by atoms with Crippen molar-refractivity contribution in [2.75, 3.05) is 11.1 Å². The fourth-order valence-electron chi connectivity index (χ4n) is 2.16. The standard InChI is InChI=1S/C18H24N2/c1-13-5-10-17(16(19)11-13)20-12-14-6-8-15(9-7-14)18(2,3)4/h5-11,20H,12,19H2,1-4H3. The van der Waals surface area contributed by atoms with Gasteiger partial charge in [0.1, 0.15) is 0 Å². The molecule has 0 saturated heterocycles. The van der Waals surface area contributed by atoms with Crippen LogP contribution in [0.5, 0.6) is 0 Å². The molecule has 2 rings (SSSR count). The van der Waals surface area contributed by atoms with E-state index in [2.05, 4.69) is 56.4 Å². The minimum atomic E-state index is 0.202. The Labute approximate surface area is 122 Å². The second kappa shape index (κ2) is 5.58. The third-order valence-corrected chi connectivity index (χ3v) is 3.51. The first kappa shape index (κ1) is 14.4. The molecule has 2 nitrogen and oxygen atoms in total. The maximum atomic E-state index is 6.00. The van der Waals surface area contributed by atoms with Crippen LogP contribution in [0.4, 0.5) is 11.4 Å². The summed E-state index contributed by atoms with van der Waals surface area (Å²) >= 11 is 0. The summed E-state index contributed by atoms with van der Waals surface area (Å²) < 4.78 is 0. The molecule has 0 bridgehead atoms. The van der Waals surface area contributed by atoms with E-state index in [-0.39, 0.29) is 5.41 Å². The number of rotatable bonds is 3. The Balaban J connectivity index is 2.04. The van der Waals surface area contributed by atoms with Gasteiger partial charge in [0.25, 0.3) is 0 Å². The van der Waals surface area contributed by atoms with E-state index >= 15 is 0 Å². The van der Waals surface area contributed by atoms with Gasteiger partial charge >= 0.3 is 0 Å². The Morgan fingerprint density at radius 2 is 1.65 bits per heavy atom. The summed E-state index contributed by atoms with van der Waals surface area (Å²) in [4.78, 5) is 0. The molecule has 3 N–H and O–H groups in total. The third kappa shape index (κ3) is 3.53. The number of aryl methyl sites for hydroxylation is 1. The molecule has 0 atom stereocenters. The molecule has 0 aliphatic carbocycles.